The Morgan fingerprint density at radius 3 is 2.68 bits per heavy atom. The number of fused-ring (bicyclic) bond motifs is 1. The monoisotopic (exact) mass is 254 g/mol. The maximum atomic E-state index is 12.3. The van der Waals surface area contributed by atoms with Crippen molar-refractivity contribution in [3.63, 3.8) is 0 Å². The Morgan fingerprint density at radius 1 is 1.21 bits per heavy atom. The lowest BCUT2D eigenvalue weighted by atomic mass is 10.1. The number of carbonyl (C=O) groups excluding carboxylic acids is 1. The number of nitrogen functional groups attached to an aromatic ring is 1. The number of hydrogen-bond acceptors (Lipinski definition) is 3. The van der Waals surface area contributed by atoms with E-state index in [1.165, 1.54) is 0 Å². The summed E-state index contributed by atoms with van der Waals surface area (Å²) in [6, 6.07) is 9.39. The fourth-order valence-corrected chi connectivity index (χ4v) is 2.12. The van der Waals surface area contributed by atoms with E-state index in [2.05, 4.69) is 4.98 Å². The Labute approximate surface area is 110 Å². The van der Waals surface area contributed by atoms with Gasteiger partial charge >= 0.3 is 0 Å². The predicted molar refractivity (Wildman–Crippen MR) is 74.3 cm³/mol. The summed E-state index contributed by atoms with van der Waals surface area (Å²) in [5.74, 6) is 0.641. The molecule has 0 unspecified atom stereocenters. The molecule has 0 aliphatic rings. The van der Waals surface area contributed by atoms with Crippen LogP contribution in [0, 0.1) is 13.8 Å². The number of benzene rings is 1. The lowest BCUT2D eigenvalue weighted by Gasteiger charge is -1.92. The maximum Gasteiger partial charge on any atom is 0.244 e. The van der Waals surface area contributed by atoms with Crippen molar-refractivity contribution >= 4 is 22.4 Å². The van der Waals surface area contributed by atoms with E-state index in [4.69, 9.17) is 10.2 Å². The molecule has 3 N–H and O–H groups in total. The van der Waals surface area contributed by atoms with Crippen LogP contribution in [0.3, 0.4) is 0 Å². The number of hydrogen-bond donors (Lipinski definition) is 2. The summed E-state index contributed by atoms with van der Waals surface area (Å²) < 4.78 is 5.36. The van der Waals surface area contributed by atoms with Crippen LogP contribution < -0.4 is 5.73 Å². The van der Waals surface area contributed by atoms with Gasteiger partial charge in [0.15, 0.2) is 5.76 Å². The van der Waals surface area contributed by atoms with Crippen molar-refractivity contribution in [2.24, 2.45) is 0 Å². The molecule has 0 saturated heterocycles. The summed E-state index contributed by atoms with van der Waals surface area (Å²) in [4.78, 5) is 15.4. The molecule has 0 bridgehead atoms. The molecule has 0 aliphatic carbocycles. The number of aromatic amines is 1. The van der Waals surface area contributed by atoms with Crippen LogP contribution in [-0.4, -0.2) is 10.8 Å². The Bertz CT molecular complexity index is 761. The molecule has 3 aromatic rings. The second kappa shape index (κ2) is 4.02. The third kappa shape index (κ3) is 1.91. The summed E-state index contributed by atoms with van der Waals surface area (Å²) in [5.41, 5.74) is 8.79. The van der Waals surface area contributed by atoms with Gasteiger partial charge in [0.25, 0.3) is 0 Å². The highest BCUT2D eigenvalue weighted by atomic mass is 16.3. The van der Waals surface area contributed by atoms with E-state index in [1.807, 2.05) is 31.2 Å². The molecular weight excluding hydrogens is 240 g/mol. The van der Waals surface area contributed by atoms with Gasteiger partial charge in [-0.25, -0.2) is 0 Å². The molecule has 0 aliphatic heterocycles. The van der Waals surface area contributed by atoms with Gasteiger partial charge in [-0.3, -0.25) is 4.79 Å². The van der Waals surface area contributed by atoms with Crippen molar-refractivity contribution < 1.29 is 9.21 Å². The predicted octanol–water partition coefficient (Wildman–Crippen LogP) is 3.19. The number of ketones is 1. The van der Waals surface area contributed by atoms with Gasteiger partial charge in [-0.15, -0.1) is 0 Å². The largest absolute Gasteiger partial charge is 0.456 e. The standard InChI is InChI=1S/C15H14N2O2/c1-8-3-4-12-10(5-8)6-13(17-12)15(18)14-7-11(16)9(2)19-14/h3-7,17H,16H2,1-2H3. The number of H-pyrrole nitrogens is 1. The first kappa shape index (κ1) is 11.6. The van der Waals surface area contributed by atoms with Crippen molar-refractivity contribution in [2.45, 2.75) is 13.8 Å². The fraction of sp³-hybridized carbons (Fsp3) is 0.133. The summed E-state index contributed by atoms with van der Waals surface area (Å²) >= 11 is 0. The summed E-state index contributed by atoms with van der Waals surface area (Å²) in [5, 5.41) is 1.01. The van der Waals surface area contributed by atoms with Crippen LogP contribution in [0.2, 0.25) is 0 Å². The average Bonchev–Trinajstić information content (AvgIpc) is 2.92. The fourth-order valence-electron chi connectivity index (χ4n) is 2.12. The van der Waals surface area contributed by atoms with Crippen LogP contribution in [-0.2, 0) is 0 Å². The Kier molecular flexibility index (Phi) is 2.45. The van der Waals surface area contributed by atoms with Crippen LogP contribution >= 0.6 is 0 Å². The number of anilines is 1. The molecule has 4 nitrogen and oxygen atoms in total. The van der Waals surface area contributed by atoms with E-state index < -0.39 is 0 Å². The van der Waals surface area contributed by atoms with Crippen molar-refractivity contribution in [3.8, 4) is 0 Å². The van der Waals surface area contributed by atoms with Crippen LogP contribution in [0.4, 0.5) is 5.69 Å². The first-order valence-electron chi connectivity index (χ1n) is 6.04. The molecule has 0 fully saturated rings. The molecule has 0 amide bonds. The van der Waals surface area contributed by atoms with Gasteiger partial charge in [-0.05, 0) is 32.0 Å². The second-order valence-corrected chi connectivity index (χ2v) is 4.73. The molecule has 0 atom stereocenters. The van der Waals surface area contributed by atoms with Crippen molar-refractivity contribution in [3.05, 3.63) is 53.1 Å². The molecule has 0 saturated carbocycles. The zero-order valence-electron chi connectivity index (χ0n) is 10.8. The van der Waals surface area contributed by atoms with Crippen molar-refractivity contribution in [1.29, 1.82) is 0 Å². The zero-order valence-corrected chi connectivity index (χ0v) is 10.8. The van der Waals surface area contributed by atoms with E-state index in [-0.39, 0.29) is 11.5 Å². The highest BCUT2D eigenvalue weighted by molar-refractivity contribution is 6.09. The van der Waals surface area contributed by atoms with Gasteiger partial charge in [-0.2, -0.15) is 0 Å². The molecule has 0 radical (unpaired) electrons. The first-order valence-corrected chi connectivity index (χ1v) is 6.04. The average molecular weight is 254 g/mol. The van der Waals surface area contributed by atoms with Crippen LogP contribution in [0.25, 0.3) is 10.9 Å². The minimum absolute atomic E-state index is 0.186. The molecule has 2 aromatic heterocycles. The smallest absolute Gasteiger partial charge is 0.244 e. The third-order valence-electron chi connectivity index (χ3n) is 3.20. The Balaban J connectivity index is 2.06. The molecule has 4 heteroatoms. The lowest BCUT2D eigenvalue weighted by Crippen LogP contribution is -1.99. The number of furan rings is 1. The summed E-state index contributed by atoms with van der Waals surface area (Å²) in [6.45, 7) is 3.76. The third-order valence-corrected chi connectivity index (χ3v) is 3.20. The molecule has 96 valence electrons. The van der Waals surface area contributed by atoms with E-state index in [0.717, 1.165) is 16.5 Å². The van der Waals surface area contributed by atoms with Gasteiger partial charge in [0.05, 0.1) is 11.4 Å². The highest BCUT2D eigenvalue weighted by Crippen LogP contribution is 2.22. The molecule has 19 heavy (non-hydrogen) atoms. The minimum atomic E-state index is -0.186. The van der Waals surface area contributed by atoms with E-state index in [9.17, 15) is 4.79 Å². The first-order chi connectivity index (χ1) is 9.04. The summed E-state index contributed by atoms with van der Waals surface area (Å²) in [7, 11) is 0. The van der Waals surface area contributed by atoms with Crippen LogP contribution in [0.1, 0.15) is 27.6 Å². The van der Waals surface area contributed by atoms with Gasteiger partial charge in [-0.1, -0.05) is 11.6 Å². The van der Waals surface area contributed by atoms with Gasteiger partial charge in [0.1, 0.15) is 5.76 Å². The lowest BCUT2D eigenvalue weighted by molar-refractivity contribution is 0.100. The quantitative estimate of drug-likeness (QED) is 0.690. The minimum Gasteiger partial charge on any atom is -0.456 e. The molecular formula is C15H14N2O2. The number of carbonyl (C=O) groups is 1. The topological polar surface area (TPSA) is 72.0 Å². The number of aryl methyl sites for hydroxylation is 2. The molecule has 0 spiro atoms. The summed E-state index contributed by atoms with van der Waals surface area (Å²) in [6.07, 6.45) is 0. The maximum absolute atomic E-state index is 12.3. The van der Waals surface area contributed by atoms with Crippen molar-refractivity contribution in [1.82, 2.24) is 4.98 Å². The zero-order chi connectivity index (χ0) is 13.6. The van der Waals surface area contributed by atoms with Crippen LogP contribution in [0.5, 0.6) is 0 Å². The number of nitrogens with two attached hydrogens (primary N) is 1. The van der Waals surface area contributed by atoms with E-state index in [0.29, 0.717) is 17.1 Å². The Morgan fingerprint density at radius 2 is 2.00 bits per heavy atom. The van der Waals surface area contributed by atoms with Gasteiger partial charge in [0, 0.05) is 17.0 Å². The number of rotatable bonds is 2. The van der Waals surface area contributed by atoms with Gasteiger partial charge in [0.2, 0.25) is 5.78 Å². The highest BCUT2D eigenvalue weighted by Gasteiger charge is 2.17. The normalized spacial score (nSPS) is 11.1. The second-order valence-electron chi connectivity index (χ2n) is 4.73. The van der Waals surface area contributed by atoms with Crippen LogP contribution in [0.15, 0.2) is 34.7 Å². The van der Waals surface area contributed by atoms with E-state index >= 15 is 0 Å². The van der Waals surface area contributed by atoms with Crippen molar-refractivity contribution in [2.75, 3.05) is 5.73 Å². The molecule has 1 aromatic carbocycles. The SMILES string of the molecule is Cc1ccc2[nH]c(C(=O)c3cc(N)c(C)o3)cc2c1. The number of aromatic nitrogens is 1. The van der Waals surface area contributed by atoms with E-state index in [1.54, 1.807) is 13.0 Å². The van der Waals surface area contributed by atoms with Gasteiger partial charge < -0.3 is 15.1 Å². The number of nitrogens with one attached hydrogen (secondary N) is 1. The molecule has 2 heterocycles. The molecule has 3 rings (SSSR count). The Hall–Kier alpha value is -2.49.